The van der Waals surface area contributed by atoms with Crippen LogP contribution in [-0.2, 0) is 11.8 Å². The van der Waals surface area contributed by atoms with Gasteiger partial charge in [-0.1, -0.05) is 13.3 Å². The van der Waals surface area contributed by atoms with Gasteiger partial charge in [-0.3, -0.25) is 9.48 Å². The molecule has 1 unspecified atom stereocenters. The Bertz CT molecular complexity index is 387. The molecule has 1 atom stereocenters. The molecule has 0 aliphatic rings. The highest BCUT2D eigenvalue weighted by Gasteiger charge is 2.27. The smallest absolute Gasteiger partial charge is 0.244 e. The molecule has 0 aromatic carbocycles. The summed E-state index contributed by atoms with van der Waals surface area (Å²) in [5.41, 5.74) is 6.75. The summed E-state index contributed by atoms with van der Waals surface area (Å²) in [6.45, 7) is 5.65. The molecule has 1 aromatic rings. The Morgan fingerprint density at radius 1 is 1.65 bits per heavy atom. The van der Waals surface area contributed by atoms with Crippen LogP contribution in [0.25, 0.3) is 0 Å². The Morgan fingerprint density at radius 2 is 2.24 bits per heavy atom. The van der Waals surface area contributed by atoms with E-state index in [1.807, 2.05) is 20.9 Å². The summed E-state index contributed by atoms with van der Waals surface area (Å²) in [5.74, 6) is -0.162. The fourth-order valence-corrected chi connectivity index (χ4v) is 1.52. The van der Waals surface area contributed by atoms with Crippen molar-refractivity contribution >= 4 is 24.0 Å². The van der Waals surface area contributed by atoms with Crippen LogP contribution in [0.5, 0.6) is 0 Å². The summed E-state index contributed by atoms with van der Waals surface area (Å²) in [6.07, 6.45) is 3.18. The van der Waals surface area contributed by atoms with Gasteiger partial charge in [-0.15, -0.1) is 12.4 Å². The van der Waals surface area contributed by atoms with Gasteiger partial charge in [0.05, 0.1) is 23.1 Å². The van der Waals surface area contributed by atoms with Crippen molar-refractivity contribution in [1.82, 2.24) is 9.78 Å². The van der Waals surface area contributed by atoms with E-state index in [0.717, 1.165) is 17.8 Å². The Labute approximate surface area is 108 Å². The van der Waals surface area contributed by atoms with Crippen molar-refractivity contribution in [1.29, 1.82) is 0 Å². The van der Waals surface area contributed by atoms with Gasteiger partial charge >= 0.3 is 0 Å². The zero-order valence-corrected chi connectivity index (χ0v) is 11.6. The summed E-state index contributed by atoms with van der Waals surface area (Å²) in [6, 6.07) is 0. The number of nitrogens with one attached hydrogen (secondary N) is 1. The first-order valence-electron chi connectivity index (χ1n) is 5.47. The lowest BCUT2D eigenvalue weighted by atomic mass is 9.96. The minimum Gasteiger partial charge on any atom is -0.322 e. The number of hydrogen-bond donors (Lipinski definition) is 2. The largest absolute Gasteiger partial charge is 0.322 e. The van der Waals surface area contributed by atoms with E-state index in [1.165, 1.54) is 0 Å². The number of anilines is 1. The topological polar surface area (TPSA) is 72.9 Å². The molecule has 1 amide bonds. The molecule has 5 nitrogen and oxygen atoms in total. The van der Waals surface area contributed by atoms with Crippen molar-refractivity contribution < 1.29 is 4.79 Å². The third-order valence-corrected chi connectivity index (χ3v) is 2.77. The lowest BCUT2D eigenvalue weighted by Gasteiger charge is -2.22. The predicted octanol–water partition coefficient (Wildman–Crippen LogP) is 1.61. The van der Waals surface area contributed by atoms with Gasteiger partial charge in [-0.2, -0.15) is 5.10 Å². The molecule has 0 spiro atoms. The maximum absolute atomic E-state index is 11.9. The fraction of sp³-hybridized carbons (Fsp3) is 0.636. The highest BCUT2D eigenvalue weighted by atomic mass is 35.5. The zero-order chi connectivity index (χ0) is 12.3. The second-order valence-corrected chi connectivity index (χ2v) is 4.39. The van der Waals surface area contributed by atoms with Gasteiger partial charge < -0.3 is 11.1 Å². The summed E-state index contributed by atoms with van der Waals surface area (Å²) >= 11 is 0. The molecule has 1 aromatic heterocycles. The number of aromatic nitrogens is 2. The molecule has 17 heavy (non-hydrogen) atoms. The van der Waals surface area contributed by atoms with Crippen LogP contribution in [0.1, 0.15) is 32.4 Å². The molecule has 1 rings (SSSR count). The normalized spacial score (nSPS) is 13.7. The van der Waals surface area contributed by atoms with Crippen LogP contribution in [0.4, 0.5) is 5.69 Å². The van der Waals surface area contributed by atoms with E-state index < -0.39 is 5.54 Å². The van der Waals surface area contributed by atoms with Crippen LogP contribution in [0.3, 0.4) is 0 Å². The molecule has 0 saturated carbocycles. The Balaban J connectivity index is 0.00000256. The lowest BCUT2D eigenvalue weighted by Crippen LogP contribution is -2.48. The van der Waals surface area contributed by atoms with Crippen LogP contribution in [-0.4, -0.2) is 21.2 Å². The minimum absolute atomic E-state index is 0. The van der Waals surface area contributed by atoms with Crippen molar-refractivity contribution in [3.8, 4) is 0 Å². The van der Waals surface area contributed by atoms with E-state index in [2.05, 4.69) is 10.4 Å². The third-order valence-electron chi connectivity index (χ3n) is 2.77. The second kappa shape index (κ2) is 6.02. The van der Waals surface area contributed by atoms with Crippen molar-refractivity contribution in [2.45, 2.75) is 39.2 Å². The number of halogens is 1. The van der Waals surface area contributed by atoms with Crippen LogP contribution < -0.4 is 11.1 Å². The summed E-state index contributed by atoms with van der Waals surface area (Å²) in [4.78, 5) is 11.9. The highest BCUT2D eigenvalue weighted by Crippen LogP contribution is 2.16. The average Bonchev–Trinajstić information content (AvgIpc) is 2.49. The van der Waals surface area contributed by atoms with Crippen molar-refractivity contribution in [2.75, 3.05) is 5.32 Å². The van der Waals surface area contributed by atoms with Crippen molar-refractivity contribution in [3.05, 3.63) is 11.9 Å². The van der Waals surface area contributed by atoms with Gasteiger partial charge in [-0.25, -0.2) is 0 Å². The molecule has 0 saturated heterocycles. The molecule has 3 N–H and O–H groups in total. The third kappa shape index (κ3) is 3.71. The predicted molar refractivity (Wildman–Crippen MR) is 71.3 cm³/mol. The number of rotatable bonds is 4. The number of hydrogen-bond acceptors (Lipinski definition) is 3. The van der Waals surface area contributed by atoms with Crippen molar-refractivity contribution in [3.63, 3.8) is 0 Å². The van der Waals surface area contributed by atoms with E-state index in [-0.39, 0.29) is 18.3 Å². The van der Waals surface area contributed by atoms with Crippen LogP contribution in [0.15, 0.2) is 6.20 Å². The summed E-state index contributed by atoms with van der Waals surface area (Å²) in [5, 5.41) is 6.87. The Morgan fingerprint density at radius 3 is 2.65 bits per heavy atom. The lowest BCUT2D eigenvalue weighted by molar-refractivity contribution is -0.120. The molecular formula is C11H21ClN4O. The van der Waals surface area contributed by atoms with Crippen molar-refractivity contribution in [2.24, 2.45) is 12.8 Å². The molecule has 0 aliphatic carbocycles. The summed E-state index contributed by atoms with van der Waals surface area (Å²) < 4.78 is 1.71. The SMILES string of the molecule is CCCC(C)(N)C(=O)Nc1cnn(C)c1C.Cl. The molecular weight excluding hydrogens is 240 g/mol. The van der Waals surface area contributed by atoms with Gasteiger partial charge in [0, 0.05) is 7.05 Å². The first kappa shape index (κ1) is 15.9. The summed E-state index contributed by atoms with van der Waals surface area (Å²) in [7, 11) is 1.83. The quantitative estimate of drug-likeness (QED) is 0.864. The first-order valence-corrected chi connectivity index (χ1v) is 5.47. The molecule has 1 heterocycles. The van der Waals surface area contributed by atoms with E-state index in [1.54, 1.807) is 17.8 Å². The minimum atomic E-state index is -0.822. The van der Waals surface area contributed by atoms with Crippen LogP contribution in [0, 0.1) is 6.92 Å². The Hall–Kier alpha value is -1.07. The molecule has 0 bridgehead atoms. The van der Waals surface area contributed by atoms with Gasteiger partial charge in [0.2, 0.25) is 5.91 Å². The number of carbonyl (C=O) groups is 1. The van der Waals surface area contributed by atoms with E-state index in [4.69, 9.17) is 5.73 Å². The number of aryl methyl sites for hydroxylation is 1. The molecule has 6 heteroatoms. The highest BCUT2D eigenvalue weighted by molar-refractivity contribution is 5.97. The molecule has 98 valence electrons. The van der Waals surface area contributed by atoms with Gasteiger partial charge in [0.25, 0.3) is 0 Å². The van der Waals surface area contributed by atoms with Gasteiger partial charge in [0.1, 0.15) is 0 Å². The zero-order valence-electron chi connectivity index (χ0n) is 10.8. The van der Waals surface area contributed by atoms with Gasteiger partial charge in [0.15, 0.2) is 0 Å². The fourth-order valence-electron chi connectivity index (χ4n) is 1.52. The van der Waals surface area contributed by atoms with Gasteiger partial charge in [-0.05, 0) is 20.3 Å². The number of carbonyl (C=O) groups excluding carboxylic acids is 1. The standard InChI is InChI=1S/C11H20N4O.ClH/c1-5-6-11(3,12)10(16)14-9-7-13-15(4)8(9)2;/h7H,5-6,12H2,1-4H3,(H,14,16);1H. The monoisotopic (exact) mass is 260 g/mol. The number of nitrogens with zero attached hydrogens (tertiary/aromatic N) is 2. The molecule has 0 fully saturated rings. The molecule has 0 radical (unpaired) electrons. The van der Waals surface area contributed by atoms with E-state index in [0.29, 0.717) is 6.42 Å². The second-order valence-electron chi connectivity index (χ2n) is 4.39. The number of nitrogens with two attached hydrogens (primary N) is 1. The number of amides is 1. The van der Waals surface area contributed by atoms with Crippen LogP contribution in [0.2, 0.25) is 0 Å². The maximum atomic E-state index is 11.9. The molecule has 0 aliphatic heterocycles. The Kier molecular flexibility index (Phi) is 5.64. The van der Waals surface area contributed by atoms with E-state index in [9.17, 15) is 4.79 Å². The first-order chi connectivity index (χ1) is 7.38. The van der Waals surface area contributed by atoms with Crippen LogP contribution >= 0.6 is 12.4 Å². The maximum Gasteiger partial charge on any atom is 0.244 e. The van der Waals surface area contributed by atoms with E-state index >= 15 is 0 Å². The average molecular weight is 261 g/mol.